The summed E-state index contributed by atoms with van der Waals surface area (Å²) in [4.78, 5) is 138. The zero-order valence-electron chi connectivity index (χ0n) is 47.0. The molecule has 0 aromatic carbocycles. The van der Waals surface area contributed by atoms with E-state index in [1.807, 2.05) is 0 Å². The van der Waals surface area contributed by atoms with Gasteiger partial charge in [0.1, 0.15) is 54.4 Å². The number of carbonyl (C=O) groups excluding carboxylic acids is 10. The number of halogens is 1. The quantitative estimate of drug-likeness (QED) is 0.0349. The molecule has 450 valence electrons. The molecule has 20 N–H and O–H groups in total. The molecule has 0 aliphatic carbocycles. The van der Waals surface area contributed by atoms with Crippen LogP contribution in [0.3, 0.4) is 0 Å². The van der Waals surface area contributed by atoms with Crippen molar-refractivity contribution in [3.63, 3.8) is 0 Å². The Morgan fingerprint density at radius 3 is 1.40 bits per heavy atom. The molecule has 11 atom stereocenters. The standard InChI is InChI=1S/C51H96N14O12.ClH/c1-8-9-10-11-12-13-14-15-16-40(68)64-42(32(7)67)51(77)61-35(19-24-54)44(70)60-37-21-26-56-50(76)41(31(6)66)65-47(73)36(20-25-55)58-43(69)33(17-22-52)59-48(74)38(27-29(2)3)63-49(75)39(28-30(4)5)62-45(71)34(18-23-53)57-46(37)72;/h29-39,41-42,66-67H,8-28,52-55H2,1-7H3,(H,56,76)(H,57,72)(H,58,69)(H,59,74)(H,60,70)(H,61,77)(H,62,71)(H,63,75)(H,64,68)(H,65,73);1H. The van der Waals surface area contributed by atoms with Crippen LogP contribution in [0.25, 0.3) is 0 Å². The summed E-state index contributed by atoms with van der Waals surface area (Å²) in [5.41, 5.74) is 23.4. The highest BCUT2D eigenvalue weighted by atomic mass is 35.5. The normalized spacial score (nSPS) is 23.1. The fraction of sp³-hybridized carbons (Fsp3) is 0.804. The number of hydrogen-bond donors (Lipinski definition) is 16. The maximum atomic E-state index is 14.3. The minimum atomic E-state index is -1.65. The van der Waals surface area contributed by atoms with Crippen molar-refractivity contribution in [2.24, 2.45) is 34.8 Å². The molecule has 78 heavy (non-hydrogen) atoms. The molecule has 0 saturated carbocycles. The van der Waals surface area contributed by atoms with E-state index in [1.165, 1.54) is 20.3 Å². The SMILES string of the molecule is CCCCCCCCCCC(=O)NC(C(=O)NC(CCN)C(=O)NC1CCNC(=O)C(C(C)O)NC(=O)C(CCN)NC(=O)C(CCN)NC(=O)C(CC(C)C)NC(=O)C(CC(C)C)NC(=O)C(CCN)NC1=O)C(C)O.Cl. The Morgan fingerprint density at radius 2 is 0.974 bits per heavy atom. The van der Waals surface area contributed by atoms with Gasteiger partial charge in [-0.05, 0) is 103 Å². The van der Waals surface area contributed by atoms with Gasteiger partial charge in [-0.2, -0.15) is 0 Å². The first-order valence-electron chi connectivity index (χ1n) is 27.6. The molecule has 11 unspecified atom stereocenters. The van der Waals surface area contributed by atoms with E-state index < -0.39 is 139 Å². The molecule has 1 rings (SSSR count). The van der Waals surface area contributed by atoms with Gasteiger partial charge in [0.05, 0.1) is 12.2 Å². The van der Waals surface area contributed by atoms with Crippen molar-refractivity contribution in [2.45, 2.75) is 218 Å². The first kappa shape index (κ1) is 72.8. The number of amides is 10. The van der Waals surface area contributed by atoms with Crippen molar-refractivity contribution in [1.82, 2.24) is 53.2 Å². The van der Waals surface area contributed by atoms with Crippen molar-refractivity contribution in [3.8, 4) is 0 Å². The van der Waals surface area contributed by atoms with Gasteiger partial charge in [0, 0.05) is 13.0 Å². The van der Waals surface area contributed by atoms with E-state index in [1.54, 1.807) is 27.7 Å². The highest BCUT2D eigenvalue weighted by Gasteiger charge is 2.37. The molecule has 0 radical (unpaired) electrons. The number of hydrogen-bond acceptors (Lipinski definition) is 16. The van der Waals surface area contributed by atoms with E-state index in [0.717, 1.165) is 38.5 Å². The second-order valence-electron chi connectivity index (χ2n) is 20.8. The Balaban J connectivity index is 0.0000593. The van der Waals surface area contributed by atoms with Crippen LogP contribution in [0.1, 0.15) is 151 Å². The van der Waals surface area contributed by atoms with E-state index in [4.69, 9.17) is 22.9 Å². The van der Waals surface area contributed by atoms with Crippen LogP contribution in [0.4, 0.5) is 0 Å². The number of aliphatic hydroxyl groups excluding tert-OH is 2. The molecule has 1 fully saturated rings. The minimum Gasteiger partial charge on any atom is -0.391 e. The zero-order valence-corrected chi connectivity index (χ0v) is 47.9. The van der Waals surface area contributed by atoms with Gasteiger partial charge in [0.25, 0.3) is 0 Å². The lowest BCUT2D eigenvalue weighted by Crippen LogP contribution is -2.61. The second-order valence-corrected chi connectivity index (χ2v) is 20.8. The molecule has 0 spiro atoms. The molecule has 0 aromatic heterocycles. The third-order valence-electron chi connectivity index (χ3n) is 12.8. The third kappa shape index (κ3) is 28.1. The van der Waals surface area contributed by atoms with Gasteiger partial charge in [-0.3, -0.25) is 47.9 Å². The number of aliphatic hydroxyl groups is 2. The average molecular weight is 1130 g/mol. The number of carbonyl (C=O) groups is 10. The van der Waals surface area contributed by atoms with Crippen LogP contribution in [-0.4, -0.2) is 169 Å². The van der Waals surface area contributed by atoms with E-state index in [9.17, 15) is 58.2 Å². The Kier molecular flexibility index (Phi) is 37.3. The molecule has 26 nitrogen and oxygen atoms in total. The summed E-state index contributed by atoms with van der Waals surface area (Å²) in [6.45, 7) is 10.9. The Morgan fingerprint density at radius 1 is 0.551 bits per heavy atom. The summed E-state index contributed by atoms with van der Waals surface area (Å²) in [5.74, 6) is -8.78. The van der Waals surface area contributed by atoms with Crippen molar-refractivity contribution in [1.29, 1.82) is 0 Å². The van der Waals surface area contributed by atoms with Crippen LogP contribution in [0.2, 0.25) is 0 Å². The van der Waals surface area contributed by atoms with Crippen molar-refractivity contribution < 1.29 is 58.2 Å². The largest absolute Gasteiger partial charge is 0.391 e. The van der Waals surface area contributed by atoms with E-state index >= 15 is 0 Å². The van der Waals surface area contributed by atoms with Gasteiger partial charge in [-0.15, -0.1) is 12.4 Å². The lowest BCUT2D eigenvalue weighted by molar-refractivity contribution is -0.136. The zero-order chi connectivity index (χ0) is 58.2. The molecule has 1 aliphatic rings. The molecule has 1 heterocycles. The third-order valence-corrected chi connectivity index (χ3v) is 12.8. The van der Waals surface area contributed by atoms with Crippen LogP contribution in [0, 0.1) is 11.8 Å². The summed E-state index contributed by atoms with van der Waals surface area (Å²) in [6.07, 6.45) is 4.27. The molecular formula is C51H97ClN14O12. The molecule has 1 saturated heterocycles. The molecule has 1 aliphatic heterocycles. The minimum absolute atomic E-state index is 0. The lowest BCUT2D eigenvalue weighted by atomic mass is 9.99. The predicted octanol–water partition coefficient (Wildman–Crippen LogP) is -2.93. The monoisotopic (exact) mass is 1130 g/mol. The Labute approximate surface area is 466 Å². The van der Waals surface area contributed by atoms with Crippen molar-refractivity contribution >= 4 is 71.5 Å². The number of rotatable bonds is 28. The van der Waals surface area contributed by atoms with Crippen LogP contribution >= 0.6 is 12.4 Å². The van der Waals surface area contributed by atoms with Gasteiger partial charge in [-0.1, -0.05) is 79.6 Å². The molecule has 27 heteroatoms. The smallest absolute Gasteiger partial charge is 0.245 e. The van der Waals surface area contributed by atoms with Gasteiger partial charge >= 0.3 is 0 Å². The molecular weight excluding hydrogens is 1040 g/mol. The number of nitrogens with two attached hydrogens (primary N) is 4. The first-order valence-corrected chi connectivity index (χ1v) is 27.6. The summed E-state index contributed by atoms with van der Waals surface area (Å²) in [7, 11) is 0. The first-order chi connectivity index (χ1) is 36.4. The van der Waals surface area contributed by atoms with Crippen LogP contribution < -0.4 is 76.1 Å². The summed E-state index contributed by atoms with van der Waals surface area (Å²) in [5, 5.41) is 47.0. The van der Waals surface area contributed by atoms with Gasteiger partial charge in [0.15, 0.2) is 0 Å². The Hall–Kier alpha value is -5.25. The average Bonchev–Trinajstić information content (AvgIpc) is 3.35. The van der Waals surface area contributed by atoms with Crippen LogP contribution in [0.5, 0.6) is 0 Å². The van der Waals surface area contributed by atoms with Crippen LogP contribution in [-0.2, 0) is 47.9 Å². The maximum absolute atomic E-state index is 14.3. The van der Waals surface area contributed by atoms with E-state index in [2.05, 4.69) is 60.1 Å². The van der Waals surface area contributed by atoms with Gasteiger partial charge in [-0.25, -0.2) is 0 Å². The topological polar surface area (TPSA) is 436 Å². The fourth-order valence-corrected chi connectivity index (χ4v) is 8.49. The van der Waals surface area contributed by atoms with Crippen LogP contribution in [0.15, 0.2) is 0 Å². The van der Waals surface area contributed by atoms with Gasteiger partial charge < -0.3 is 86.3 Å². The maximum Gasteiger partial charge on any atom is 0.245 e. The molecule has 10 amide bonds. The summed E-state index contributed by atoms with van der Waals surface area (Å²) < 4.78 is 0. The van der Waals surface area contributed by atoms with Crippen molar-refractivity contribution in [3.05, 3.63) is 0 Å². The van der Waals surface area contributed by atoms with E-state index in [-0.39, 0.29) is 95.4 Å². The molecule has 0 aromatic rings. The van der Waals surface area contributed by atoms with Crippen molar-refractivity contribution in [2.75, 3.05) is 32.7 Å². The highest BCUT2D eigenvalue weighted by molar-refractivity contribution is 5.98. The van der Waals surface area contributed by atoms with E-state index in [0.29, 0.717) is 6.42 Å². The lowest BCUT2D eigenvalue weighted by Gasteiger charge is -2.29. The summed E-state index contributed by atoms with van der Waals surface area (Å²) >= 11 is 0. The number of unbranched alkanes of at least 4 members (excludes halogenated alkanes) is 7. The fourth-order valence-electron chi connectivity index (χ4n) is 8.49. The second kappa shape index (κ2) is 40.0. The number of nitrogens with one attached hydrogen (secondary N) is 10. The molecule has 0 bridgehead atoms. The predicted molar refractivity (Wildman–Crippen MR) is 296 cm³/mol. The highest BCUT2D eigenvalue weighted by Crippen LogP contribution is 2.13. The Bertz CT molecular complexity index is 1880. The summed E-state index contributed by atoms with van der Waals surface area (Å²) in [6, 6.07) is -12.8. The van der Waals surface area contributed by atoms with Gasteiger partial charge in [0.2, 0.25) is 59.1 Å².